The monoisotopic (exact) mass is 282 g/mol. The van der Waals surface area contributed by atoms with Crippen LogP contribution in [0.15, 0.2) is 23.4 Å². The van der Waals surface area contributed by atoms with Gasteiger partial charge >= 0.3 is 0 Å². The minimum atomic E-state index is -3.93. The maximum absolute atomic E-state index is 13.2. The first-order valence-corrected chi connectivity index (χ1v) is 6.83. The van der Waals surface area contributed by atoms with Gasteiger partial charge in [-0.2, -0.15) is 0 Å². The van der Waals surface area contributed by atoms with Gasteiger partial charge in [-0.15, -0.1) is 11.6 Å². The van der Waals surface area contributed by atoms with Crippen LogP contribution in [0.1, 0.15) is 0 Å². The molecule has 0 aromatic carbocycles. The van der Waals surface area contributed by atoms with E-state index in [4.69, 9.17) is 16.3 Å². The van der Waals surface area contributed by atoms with Gasteiger partial charge in [-0.25, -0.2) is 22.5 Å². The third-order valence-electron chi connectivity index (χ3n) is 1.74. The van der Waals surface area contributed by atoms with Crippen LogP contribution in [-0.2, 0) is 14.8 Å². The molecule has 0 aliphatic carbocycles. The summed E-state index contributed by atoms with van der Waals surface area (Å²) in [6, 6.07) is 2.35. The van der Waals surface area contributed by atoms with Crippen molar-refractivity contribution >= 4 is 21.6 Å². The van der Waals surface area contributed by atoms with Crippen LogP contribution in [0.2, 0.25) is 0 Å². The van der Waals surface area contributed by atoms with Gasteiger partial charge in [-0.05, 0) is 12.1 Å². The third-order valence-corrected chi connectivity index (χ3v) is 3.29. The van der Waals surface area contributed by atoms with Crippen LogP contribution in [0.4, 0.5) is 4.39 Å². The highest BCUT2D eigenvalue weighted by Gasteiger charge is 2.19. The Balaban J connectivity index is 2.55. The molecular formula is C9H12ClFN2O3S. The molecule has 0 fully saturated rings. The van der Waals surface area contributed by atoms with Crippen LogP contribution >= 0.6 is 11.6 Å². The predicted molar refractivity (Wildman–Crippen MR) is 60.9 cm³/mol. The zero-order chi connectivity index (χ0) is 12.7. The highest BCUT2D eigenvalue weighted by Crippen LogP contribution is 2.08. The van der Waals surface area contributed by atoms with Crippen molar-refractivity contribution in [3.8, 4) is 0 Å². The molecule has 17 heavy (non-hydrogen) atoms. The van der Waals surface area contributed by atoms with Crippen molar-refractivity contribution in [2.45, 2.75) is 5.03 Å². The first-order valence-electron chi connectivity index (χ1n) is 4.82. The van der Waals surface area contributed by atoms with E-state index in [0.29, 0.717) is 12.5 Å². The van der Waals surface area contributed by atoms with Gasteiger partial charge in [0.25, 0.3) is 10.0 Å². The van der Waals surface area contributed by atoms with E-state index < -0.39 is 20.9 Å². The molecule has 0 atom stereocenters. The van der Waals surface area contributed by atoms with Gasteiger partial charge in [0.2, 0.25) is 5.03 Å². The SMILES string of the molecule is O=S(=O)(NCCOCCCl)c1ncccc1F. The van der Waals surface area contributed by atoms with Gasteiger partial charge < -0.3 is 4.74 Å². The number of ether oxygens (including phenoxy) is 1. The molecule has 0 aliphatic heterocycles. The van der Waals surface area contributed by atoms with Gasteiger partial charge in [0.1, 0.15) is 0 Å². The van der Waals surface area contributed by atoms with Crippen LogP contribution in [0.5, 0.6) is 0 Å². The summed E-state index contributed by atoms with van der Waals surface area (Å²) in [6.45, 7) is 0.539. The highest BCUT2D eigenvalue weighted by atomic mass is 35.5. The lowest BCUT2D eigenvalue weighted by molar-refractivity contribution is 0.155. The summed E-state index contributed by atoms with van der Waals surface area (Å²) in [5.74, 6) is -0.552. The van der Waals surface area contributed by atoms with Gasteiger partial charge in [-0.1, -0.05) is 0 Å². The summed E-state index contributed by atoms with van der Waals surface area (Å²) < 4.78 is 43.5. The molecule has 0 saturated carbocycles. The molecule has 0 amide bonds. The number of hydrogen-bond acceptors (Lipinski definition) is 4. The Hall–Kier alpha value is -0.760. The Bertz CT molecular complexity index is 455. The summed E-state index contributed by atoms with van der Waals surface area (Å²) in [6.07, 6.45) is 1.21. The number of nitrogens with one attached hydrogen (secondary N) is 1. The van der Waals surface area contributed by atoms with Crippen LogP contribution in [0, 0.1) is 5.82 Å². The topological polar surface area (TPSA) is 68.3 Å². The molecule has 1 N–H and O–H groups in total. The number of alkyl halides is 1. The predicted octanol–water partition coefficient (Wildman–Crippen LogP) is 0.754. The van der Waals surface area contributed by atoms with E-state index in [1.165, 1.54) is 12.3 Å². The van der Waals surface area contributed by atoms with E-state index in [1.807, 2.05) is 0 Å². The van der Waals surface area contributed by atoms with E-state index in [1.54, 1.807) is 0 Å². The minimum Gasteiger partial charge on any atom is -0.379 e. The Labute approximate surface area is 104 Å². The maximum atomic E-state index is 13.2. The number of nitrogens with zero attached hydrogens (tertiary/aromatic N) is 1. The van der Waals surface area contributed by atoms with Crippen LogP contribution < -0.4 is 4.72 Å². The number of aromatic nitrogens is 1. The molecule has 0 spiro atoms. The first kappa shape index (κ1) is 14.3. The molecule has 8 heteroatoms. The van der Waals surface area contributed by atoms with Crippen molar-refractivity contribution in [3.05, 3.63) is 24.1 Å². The zero-order valence-electron chi connectivity index (χ0n) is 8.90. The largest absolute Gasteiger partial charge is 0.379 e. The standard InChI is InChI=1S/C9H12ClFN2O3S/c10-3-6-16-7-5-13-17(14,15)9-8(11)2-1-4-12-9/h1-2,4,13H,3,5-7H2. The first-order chi connectivity index (χ1) is 8.08. The Morgan fingerprint density at radius 1 is 1.47 bits per heavy atom. The maximum Gasteiger partial charge on any atom is 0.261 e. The molecule has 1 aromatic rings. The van der Waals surface area contributed by atoms with Crippen molar-refractivity contribution in [3.63, 3.8) is 0 Å². The van der Waals surface area contributed by atoms with Gasteiger partial charge in [-0.3, -0.25) is 0 Å². The lowest BCUT2D eigenvalue weighted by Gasteiger charge is -2.06. The quantitative estimate of drug-likeness (QED) is 0.592. The molecular weight excluding hydrogens is 271 g/mol. The summed E-state index contributed by atoms with van der Waals surface area (Å²) in [4.78, 5) is 3.48. The van der Waals surface area contributed by atoms with Crippen LogP contribution in [0.25, 0.3) is 0 Å². The molecule has 1 aromatic heterocycles. The number of halogens is 2. The second kappa shape index (κ2) is 6.85. The Morgan fingerprint density at radius 3 is 2.88 bits per heavy atom. The van der Waals surface area contributed by atoms with E-state index in [-0.39, 0.29) is 13.2 Å². The third kappa shape index (κ3) is 4.55. The lowest BCUT2D eigenvalue weighted by Crippen LogP contribution is -2.29. The summed E-state index contributed by atoms with van der Waals surface area (Å²) in [5.41, 5.74) is 0. The fourth-order valence-electron chi connectivity index (χ4n) is 1.04. The van der Waals surface area contributed by atoms with Gasteiger partial charge in [0.15, 0.2) is 5.82 Å². The van der Waals surface area contributed by atoms with Crippen LogP contribution in [0.3, 0.4) is 0 Å². The summed E-state index contributed by atoms with van der Waals surface area (Å²) in [5, 5.41) is -0.614. The smallest absolute Gasteiger partial charge is 0.261 e. The van der Waals surface area contributed by atoms with E-state index in [9.17, 15) is 12.8 Å². The van der Waals surface area contributed by atoms with Crippen molar-refractivity contribution in [1.82, 2.24) is 9.71 Å². The highest BCUT2D eigenvalue weighted by molar-refractivity contribution is 7.89. The van der Waals surface area contributed by atoms with Crippen molar-refractivity contribution in [2.24, 2.45) is 0 Å². The molecule has 0 bridgehead atoms. The second-order valence-electron chi connectivity index (χ2n) is 2.99. The normalized spacial score (nSPS) is 11.6. The van der Waals surface area contributed by atoms with Gasteiger partial charge in [0.05, 0.1) is 13.2 Å². The minimum absolute atomic E-state index is 0.0369. The van der Waals surface area contributed by atoms with E-state index in [2.05, 4.69) is 9.71 Å². The molecule has 96 valence electrons. The van der Waals surface area contributed by atoms with E-state index in [0.717, 1.165) is 6.07 Å². The molecule has 0 unspecified atom stereocenters. The summed E-state index contributed by atoms with van der Waals surface area (Å²) in [7, 11) is -3.93. The second-order valence-corrected chi connectivity index (χ2v) is 5.05. The summed E-state index contributed by atoms with van der Waals surface area (Å²) >= 11 is 5.36. The fourth-order valence-corrected chi connectivity index (χ4v) is 2.16. The number of pyridine rings is 1. The molecule has 0 saturated heterocycles. The molecule has 0 aliphatic rings. The van der Waals surface area contributed by atoms with Crippen molar-refractivity contribution in [2.75, 3.05) is 25.6 Å². The van der Waals surface area contributed by atoms with E-state index >= 15 is 0 Å². The molecule has 1 heterocycles. The van der Waals surface area contributed by atoms with Crippen molar-refractivity contribution < 1.29 is 17.5 Å². The average molecular weight is 283 g/mol. The van der Waals surface area contributed by atoms with Crippen LogP contribution in [-0.4, -0.2) is 39.0 Å². The number of sulfonamides is 1. The average Bonchev–Trinajstić information content (AvgIpc) is 2.29. The fraction of sp³-hybridized carbons (Fsp3) is 0.444. The number of rotatable bonds is 7. The Morgan fingerprint density at radius 2 is 2.24 bits per heavy atom. The number of hydrogen-bond donors (Lipinski definition) is 1. The molecule has 0 radical (unpaired) electrons. The molecule has 5 nitrogen and oxygen atoms in total. The lowest BCUT2D eigenvalue weighted by atomic mass is 10.5. The Kier molecular flexibility index (Phi) is 5.76. The molecule has 1 rings (SSSR count). The zero-order valence-corrected chi connectivity index (χ0v) is 10.5. The van der Waals surface area contributed by atoms with Gasteiger partial charge in [0, 0.05) is 18.6 Å². The van der Waals surface area contributed by atoms with Crippen molar-refractivity contribution in [1.29, 1.82) is 0 Å².